The monoisotopic (exact) mass is 347 g/mol. The van der Waals surface area contributed by atoms with E-state index in [1.165, 1.54) is 24.3 Å². The molecule has 0 aromatic heterocycles. The molecule has 0 fully saturated rings. The molecule has 6 heteroatoms. The maximum atomic E-state index is 12.9. The Hall–Kier alpha value is -2.76. The number of benzene rings is 2. The molecule has 0 aliphatic rings. The van der Waals surface area contributed by atoms with E-state index in [2.05, 4.69) is 5.32 Å². The molecule has 25 heavy (non-hydrogen) atoms. The van der Waals surface area contributed by atoms with Crippen molar-refractivity contribution in [1.82, 2.24) is 5.32 Å². The lowest BCUT2D eigenvalue weighted by Crippen LogP contribution is -2.39. The van der Waals surface area contributed by atoms with Gasteiger partial charge in [-0.25, -0.2) is 4.39 Å². The van der Waals surface area contributed by atoms with Crippen molar-refractivity contribution in [3.8, 4) is 17.2 Å². The Morgan fingerprint density at radius 3 is 2.24 bits per heavy atom. The van der Waals surface area contributed by atoms with E-state index in [1.807, 2.05) is 6.92 Å². The molecule has 0 saturated heterocycles. The standard InChI is InChI=1S/C19H22FNO4/c1-3-18(25-17-6-4-14(20)5-7-17)19(22)21-12-13-24-16-10-8-15(23-2)9-11-16/h4-11,18H,3,12-13H2,1-2H3,(H,21,22). The van der Waals surface area contributed by atoms with Crippen LogP contribution in [0, 0.1) is 5.82 Å². The summed E-state index contributed by atoms with van der Waals surface area (Å²) < 4.78 is 29.1. The second-order valence-corrected chi connectivity index (χ2v) is 5.28. The van der Waals surface area contributed by atoms with E-state index in [0.29, 0.717) is 31.1 Å². The van der Waals surface area contributed by atoms with Gasteiger partial charge in [-0.2, -0.15) is 0 Å². The van der Waals surface area contributed by atoms with E-state index in [1.54, 1.807) is 31.4 Å². The van der Waals surface area contributed by atoms with E-state index in [4.69, 9.17) is 14.2 Å². The van der Waals surface area contributed by atoms with Crippen LogP contribution in [0.3, 0.4) is 0 Å². The molecular weight excluding hydrogens is 325 g/mol. The van der Waals surface area contributed by atoms with E-state index in [9.17, 15) is 9.18 Å². The average Bonchev–Trinajstić information content (AvgIpc) is 2.65. The number of methoxy groups -OCH3 is 1. The highest BCUT2D eigenvalue weighted by molar-refractivity contribution is 5.81. The fraction of sp³-hybridized carbons (Fsp3) is 0.316. The number of amides is 1. The third-order valence-corrected chi connectivity index (χ3v) is 3.48. The van der Waals surface area contributed by atoms with Crippen molar-refractivity contribution < 1.29 is 23.4 Å². The molecule has 5 nitrogen and oxygen atoms in total. The van der Waals surface area contributed by atoms with E-state index in [-0.39, 0.29) is 11.7 Å². The molecule has 0 heterocycles. The SMILES string of the molecule is CCC(Oc1ccc(F)cc1)C(=O)NCCOc1ccc(OC)cc1. The fourth-order valence-corrected chi connectivity index (χ4v) is 2.13. The molecule has 1 atom stereocenters. The van der Waals surface area contributed by atoms with Crippen LogP contribution in [0.15, 0.2) is 48.5 Å². The Kier molecular flexibility index (Phi) is 7.07. The highest BCUT2D eigenvalue weighted by atomic mass is 19.1. The molecule has 2 rings (SSSR count). The predicted molar refractivity (Wildman–Crippen MR) is 92.6 cm³/mol. The van der Waals surface area contributed by atoms with Crippen molar-refractivity contribution >= 4 is 5.91 Å². The number of hydrogen-bond acceptors (Lipinski definition) is 4. The van der Waals surface area contributed by atoms with Gasteiger partial charge in [0.25, 0.3) is 5.91 Å². The van der Waals surface area contributed by atoms with Crippen molar-refractivity contribution in [2.24, 2.45) is 0 Å². The predicted octanol–water partition coefficient (Wildman–Crippen LogP) is 3.19. The van der Waals surface area contributed by atoms with Crippen molar-refractivity contribution in [2.75, 3.05) is 20.3 Å². The zero-order valence-electron chi connectivity index (χ0n) is 14.3. The second kappa shape index (κ2) is 9.52. The summed E-state index contributed by atoms with van der Waals surface area (Å²) in [6.07, 6.45) is -0.130. The minimum absolute atomic E-state index is 0.231. The maximum absolute atomic E-state index is 12.9. The van der Waals surface area contributed by atoms with Gasteiger partial charge in [0.1, 0.15) is 29.7 Å². The minimum atomic E-state index is -0.633. The lowest BCUT2D eigenvalue weighted by molar-refractivity contribution is -0.128. The Morgan fingerprint density at radius 1 is 1.04 bits per heavy atom. The van der Waals surface area contributed by atoms with Gasteiger partial charge in [0.2, 0.25) is 0 Å². The first-order chi connectivity index (χ1) is 12.1. The maximum Gasteiger partial charge on any atom is 0.261 e. The topological polar surface area (TPSA) is 56.8 Å². The average molecular weight is 347 g/mol. The number of ether oxygens (including phenoxy) is 3. The summed E-state index contributed by atoms with van der Waals surface area (Å²) in [5.74, 6) is 1.33. The molecule has 0 saturated carbocycles. The summed E-state index contributed by atoms with van der Waals surface area (Å²) in [7, 11) is 1.60. The number of carbonyl (C=O) groups excluding carboxylic acids is 1. The van der Waals surface area contributed by atoms with Gasteiger partial charge in [-0.3, -0.25) is 4.79 Å². The summed E-state index contributed by atoms with van der Waals surface area (Å²) in [6.45, 7) is 2.54. The first kappa shape index (κ1) is 18.6. The van der Waals surface area contributed by atoms with Crippen molar-refractivity contribution in [3.05, 3.63) is 54.3 Å². The summed E-state index contributed by atoms with van der Waals surface area (Å²) in [4.78, 5) is 12.2. The smallest absolute Gasteiger partial charge is 0.261 e. The van der Waals surface area contributed by atoms with Gasteiger partial charge in [-0.1, -0.05) is 6.92 Å². The van der Waals surface area contributed by atoms with E-state index in [0.717, 1.165) is 5.75 Å². The second-order valence-electron chi connectivity index (χ2n) is 5.28. The molecule has 1 N–H and O–H groups in total. The Balaban J connectivity index is 1.74. The number of carbonyl (C=O) groups is 1. The third-order valence-electron chi connectivity index (χ3n) is 3.48. The molecule has 0 bridgehead atoms. The number of nitrogens with one attached hydrogen (secondary N) is 1. The molecule has 1 amide bonds. The lowest BCUT2D eigenvalue weighted by Gasteiger charge is -2.17. The van der Waals surface area contributed by atoms with Gasteiger partial charge in [-0.15, -0.1) is 0 Å². The van der Waals surface area contributed by atoms with Crippen LogP contribution in [0.5, 0.6) is 17.2 Å². The zero-order chi connectivity index (χ0) is 18.1. The number of hydrogen-bond donors (Lipinski definition) is 1. The van der Waals surface area contributed by atoms with Gasteiger partial charge >= 0.3 is 0 Å². The van der Waals surface area contributed by atoms with Gasteiger partial charge in [0, 0.05) is 0 Å². The Labute approximate surface area is 146 Å². The minimum Gasteiger partial charge on any atom is -0.497 e. The quantitative estimate of drug-likeness (QED) is 0.708. The normalized spacial score (nSPS) is 11.5. The van der Waals surface area contributed by atoms with Crippen molar-refractivity contribution in [2.45, 2.75) is 19.4 Å². The molecule has 2 aromatic carbocycles. The molecule has 0 aliphatic heterocycles. The fourth-order valence-electron chi connectivity index (χ4n) is 2.13. The van der Waals surface area contributed by atoms with Gasteiger partial charge in [0.05, 0.1) is 13.7 Å². The molecule has 1 unspecified atom stereocenters. The van der Waals surface area contributed by atoms with Crippen LogP contribution in [-0.2, 0) is 4.79 Å². The zero-order valence-corrected chi connectivity index (χ0v) is 14.3. The van der Waals surface area contributed by atoms with Gasteiger partial charge < -0.3 is 19.5 Å². The van der Waals surface area contributed by atoms with Crippen molar-refractivity contribution in [1.29, 1.82) is 0 Å². The number of halogens is 1. The van der Waals surface area contributed by atoms with Crippen LogP contribution in [0.25, 0.3) is 0 Å². The molecular formula is C19H22FNO4. The molecule has 134 valence electrons. The van der Waals surface area contributed by atoms with Gasteiger partial charge in [0.15, 0.2) is 6.10 Å². The molecule has 0 spiro atoms. The molecule has 0 aliphatic carbocycles. The molecule has 2 aromatic rings. The lowest BCUT2D eigenvalue weighted by atomic mass is 10.2. The van der Waals surface area contributed by atoms with E-state index < -0.39 is 6.10 Å². The first-order valence-electron chi connectivity index (χ1n) is 8.09. The highest BCUT2D eigenvalue weighted by Gasteiger charge is 2.17. The Bertz CT molecular complexity index is 658. The van der Waals surface area contributed by atoms with Crippen LogP contribution in [0.2, 0.25) is 0 Å². The summed E-state index contributed by atoms with van der Waals surface area (Å²) in [5, 5.41) is 2.77. The van der Waals surface area contributed by atoms with Crippen LogP contribution in [0.1, 0.15) is 13.3 Å². The highest BCUT2D eigenvalue weighted by Crippen LogP contribution is 2.17. The van der Waals surface area contributed by atoms with Crippen LogP contribution >= 0.6 is 0 Å². The Morgan fingerprint density at radius 2 is 1.64 bits per heavy atom. The van der Waals surface area contributed by atoms with E-state index >= 15 is 0 Å². The van der Waals surface area contributed by atoms with Crippen LogP contribution < -0.4 is 19.5 Å². The summed E-state index contributed by atoms with van der Waals surface area (Å²) in [5.41, 5.74) is 0. The summed E-state index contributed by atoms with van der Waals surface area (Å²) >= 11 is 0. The first-order valence-corrected chi connectivity index (χ1v) is 8.09. The summed E-state index contributed by atoms with van der Waals surface area (Å²) in [6, 6.07) is 12.8. The van der Waals surface area contributed by atoms with Crippen LogP contribution in [-0.4, -0.2) is 32.3 Å². The van der Waals surface area contributed by atoms with Crippen LogP contribution in [0.4, 0.5) is 4.39 Å². The van der Waals surface area contributed by atoms with Gasteiger partial charge in [-0.05, 0) is 55.0 Å². The number of rotatable bonds is 9. The van der Waals surface area contributed by atoms with Crippen molar-refractivity contribution in [3.63, 3.8) is 0 Å². The molecule has 0 radical (unpaired) electrons. The largest absolute Gasteiger partial charge is 0.497 e. The third kappa shape index (κ3) is 5.99.